The second-order valence-corrected chi connectivity index (χ2v) is 22.3. The fourth-order valence-corrected chi connectivity index (χ4v) is 11.3. The maximum atomic E-state index is 7.26. The minimum Gasteiger partial charge on any atom is -0.310 e. The van der Waals surface area contributed by atoms with E-state index < -0.39 is 0 Å². The highest BCUT2D eigenvalue weighted by molar-refractivity contribution is 7.00. The average molecular weight is 962 g/mol. The van der Waals surface area contributed by atoms with Crippen LogP contribution in [0.25, 0.3) is 44.5 Å². The quantitative estimate of drug-likeness (QED) is 0.133. The summed E-state index contributed by atoms with van der Waals surface area (Å²) in [6.45, 7) is 16.1. The molecule has 0 unspecified atom stereocenters. The van der Waals surface area contributed by atoms with Gasteiger partial charge in [0.1, 0.15) is 0 Å². The standard InChI is InChI=1S/C66H59BCl2N2/c1-8-9-22-43-35-60-62-61(36-43)71(64-54(46-27-18-12-19-28-46)39-49(66(5,6)7)40-55(64)47-29-20-13-21-30-47)59-42-51(69)32-34-57(59)67(62)56-33-31-50(68)41-58(56)70(60)63-52(44-23-14-10-15-24-44)37-48(65(2,3)4)38-53(63)45-25-16-11-17-26-45/h10-21,23-42H,8-9,22H2,1-7H3. The number of anilines is 6. The topological polar surface area (TPSA) is 6.48 Å². The lowest BCUT2D eigenvalue weighted by Crippen LogP contribution is -2.61. The largest absolute Gasteiger partial charge is 0.310 e. The van der Waals surface area contributed by atoms with Crippen LogP contribution in [0.2, 0.25) is 10.0 Å². The van der Waals surface area contributed by atoms with Crippen molar-refractivity contribution in [2.75, 3.05) is 9.80 Å². The molecule has 0 N–H and O–H groups in total. The van der Waals surface area contributed by atoms with Crippen molar-refractivity contribution >= 4 is 80.4 Å². The van der Waals surface area contributed by atoms with Crippen LogP contribution in [0.15, 0.2) is 194 Å². The molecule has 9 aromatic rings. The van der Waals surface area contributed by atoms with E-state index in [9.17, 15) is 0 Å². The van der Waals surface area contributed by atoms with Crippen LogP contribution in [0.3, 0.4) is 0 Å². The highest BCUT2D eigenvalue weighted by atomic mass is 35.5. The van der Waals surface area contributed by atoms with Gasteiger partial charge < -0.3 is 9.80 Å². The van der Waals surface area contributed by atoms with Gasteiger partial charge in [0.15, 0.2) is 0 Å². The minimum absolute atomic E-state index is 0.125. The van der Waals surface area contributed by atoms with Crippen molar-refractivity contribution in [3.63, 3.8) is 0 Å². The number of rotatable bonds is 9. The van der Waals surface area contributed by atoms with Crippen molar-refractivity contribution in [2.24, 2.45) is 0 Å². The zero-order valence-corrected chi connectivity index (χ0v) is 43.3. The van der Waals surface area contributed by atoms with Gasteiger partial charge in [0.2, 0.25) is 0 Å². The second kappa shape index (κ2) is 18.4. The van der Waals surface area contributed by atoms with Gasteiger partial charge in [0.05, 0.1) is 11.4 Å². The van der Waals surface area contributed by atoms with Gasteiger partial charge in [0.25, 0.3) is 6.71 Å². The number of halogens is 2. The Kier molecular flexibility index (Phi) is 12.1. The lowest BCUT2D eigenvalue weighted by atomic mass is 9.33. The Balaban J connectivity index is 1.33. The van der Waals surface area contributed by atoms with Crippen molar-refractivity contribution in [2.45, 2.75) is 78.6 Å². The number of hydrogen-bond donors (Lipinski definition) is 0. The summed E-state index contributed by atoms with van der Waals surface area (Å²) in [7, 11) is 0. The molecule has 0 amide bonds. The molecule has 0 bridgehead atoms. The van der Waals surface area contributed by atoms with E-state index in [1.807, 2.05) is 0 Å². The highest BCUT2D eigenvalue weighted by Gasteiger charge is 2.45. The molecule has 0 atom stereocenters. The first-order valence-corrected chi connectivity index (χ1v) is 26.0. The summed E-state index contributed by atoms with van der Waals surface area (Å²) < 4.78 is 0. The molecular formula is C66H59BCl2N2. The van der Waals surface area contributed by atoms with E-state index in [1.54, 1.807) is 0 Å². The molecular weight excluding hydrogens is 902 g/mol. The zero-order chi connectivity index (χ0) is 49.2. The average Bonchev–Trinajstić information content (AvgIpc) is 3.37. The smallest absolute Gasteiger partial charge is 0.252 e. The molecule has 0 saturated carbocycles. The van der Waals surface area contributed by atoms with E-state index in [2.05, 4.69) is 252 Å². The molecule has 2 aliphatic rings. The molecule has 350 valence electrons. The second-order valence-electron chi connectivity index (χ2n) is 21.5. The van der Waals surface area contributed by atoms with Crippen molar-refractivity contribution in [1.82, 2.24) is 0 Å². The van der Waals surface area contributed by atoms with Crippen LogP contribution in [-0.2, 0) is 17.3 Å². The Morgan fingerprint density at radius 3 is 1.06 bits per heavy atom. The van der Waals surface area contributed by atoms with Gasteiger partial charge in [-0.15, -0.1) is 0 Å². The Hall–Kier alpha value is -6.78. The summed E-state index contributed by atoms with van der Waals surface area (Å²) in [5, 5.41) is 1.39. The number of nitrogens with zero attached hydrogens (tertiary/aromatic N) is 2. The summed E-state index contributed by atoms with van der Waals surface area (Å²) in [5.41, 5.74) is 23.3. The molecule has 9 aromatic carbocycles. The Morgan fingerprint density at radius 1 is 0.408 bits per heavy atom. The van der Waals surface area contributed by atoms with E-state index in [4.69, 9.17) is 23.2 Å². The molecule has 2 nitrogen and oxygen atoms in total. The molecule has 0 spiro atoms. The molecule has 0 aromatic heterocycles. The third-order valence-electron chi connectivity index (χ3n) is 14.6. The van der Waals surface area contributed by atoms with Crippen molar-refractivity contribution in [3.8, 4) is 44.5 Å². The van der Waals surface area contributed by atoms with E-state index in [0.29, 0.717) is 10.0 Å². The number of aryl methyl sites for hydroxylation is 1. The lowest BCUT2D eigenvalue weighted by Gasteiger charge is -2.46. The molecule has 0 fully saturated rings. The van der Waals surface area contributed by atoms with Crippen LogP contribution in [0, 0.1) is 0 Å². The van der Waals surface area contributed by atoms with Gasteiger partial charge >= 0.3 is 0 Å². The maximum absolute atomic E-state index is 7.26. The number of hydrogen-bond acceptors (Lipinski definition) is 2. The van der Waals surface area contributed by atoms with Gasteiger partial charge in [-0.3, -0.25) is 0 Å². The maximum Gasteiger partial charge on any atom is 0.252 e. The molecule has 71 heavy (non-hydrogen) atoms. The molecule has 0 aliphatic carbocycles. The fraction of sp³-hybridized carbons (Fsp3) is 0.182. The number of benzene rings is 9. The Morgan fingerprint density at radius 2 is 0.746 bits per heavy atom. The SMILES string of the molecule is CCCCc1cc2c3c(c1)N(c1c(-c4ccccc4)cc(C(C)(C)C)cc1-c1ccccc1)c1cc(Cl)ccc1B3c1ccc(Cl)cc1N2c1c(-c2ccccc2)cc(C(C)(C)C)cc1-c1ccccc1. The van der Waals surface area contributed by atoms with Crippen molar-refractivity contribution in [1.29, 1.82) is 0 Å². The summed E-state index contributed by atoms with van der Waals surface area (Å²) >= 11 is 14.5. The Labute approximate surface area is 431 Å². The van der Waals surface area contributed by atoms with E-state index in [0.717, 1.165) is 75.6 Å². The van der Waals surface area contributed by atoms with Crippen LogP contribution < -0.4 is 26.2 Å². The summed E-state index contributed by atoms with van der Waals surface area (Å²) in [6.07, 6.45) is 3.06. The van der Waals surface area contributed by atoms with Crippen LogP contribution in [0.1, 0.15) is 78.0 Å². The first kappa shape index (κ1) is 46.6. The summed E-state index contributed by atoms with van der Waals surface area (Å²) in [5.74, 6) is 0. The van der Waals surface area contributed by atoms with Crippen LogP contribution >= 0.6 is 23.2 Å². The fourth-order valence-electron chi connectivity index (χ4n) is 11.0. The third-order valence-corrected chi connectivity index (χ3v) is 15.1. The monoisotopic (exact) mass is 960 g/mol. The number of fused-ring (bicyclic) bond motifs is 4. The minimum atomic E-state index is -0.129. The van der Waals surface area contributed by atoms with Crippen LogP contribution in [-0.4, -0.2) is 6.71 Å². The van der Waals surface area contributed by atoms with Crippen LogP contribution in [0.5, 0.6) is 0 Å². The first-order valence-electron chi connectivity index (χ1n) is 25.2. The lowest BCUT2D eigenvalue weighted by molar-refractivity contribution is 0.590. The normalized spacial score (nSPS) is 12.9. The van der Waals surface area contributed by atoms with Gasteiger partial charge in [0, 0.05) is 55.0 Å². The van der Waals surface area contributed by atoms with Gasteiger partial charge in [-0.1, -0.05) is 212 Å². The summed E-state index contributed by atoms with van der Waals surface area (Å²) in [6, 6.07) is 71.7. The van der Waals surface area contributed by atoms with E-state index in [-0.39, 0.29) is 17.5 Å². The molecule has 0 radical (unpaired) electrons. The Bertz CT molecular complexity index is 3100. The van der Waals surface area contributed by atoms with Gasteiger partial charge in [-0.05, 0) is 140 Å². The highest BCUT2D eigenvalue weighted by Crippen LogP contribution is 2.54. The van der Waals surface area contributed by atoms with Crippen molar-refractivity contribution < 1.29 is 0 Å². The van der Waals surface area contributed by atoms with Gasteiger partial charge in [-0.25, -0.2) is 0 Å². The first-order chi connectivity index (χ1) is 34.3. The predicted molar refractivity (Wildman–Crippen MR) is 308 cm³/mol. The summed E-state index contributed by atoms with van der Waals surface area (Å²) in [4.78, 5) is 5.17. The van der Waals surface area contributed by atoms with E-state index in [1.165, 1.54) is 55.3 Å². The molecule has 0 saturated heterocycles. The number of unbranched alkanes of at least 4 members (excludes halogenated alkanes) is 1. The third kappa shape index (κ3) is 8.48. The molecule has 2 aliphatic heterocycles. The predicted octanol–water partition coefficient (Wildman–Crippen LogP) is 17.7. The van der Waals surface area contributed by atoms with Gasteiger partial charge in [-0.2, -0.15) is 0 Å². The zero-order valence-electron chi connectivity index (χ0n) is 41.8. The van der Waals surface area contributed by atoms with Crippen LogP contribution in [0.4, 0.5) is 34.1 Å². The van der Waals surface area contributed by atoms with Crippen molar-refractivity contribution in [3.05, 3.63) is 221 Å². The van der Waals surface area contributed by atoms with E-state index >= 15 is 0 Å². The molecule has 11 rings (SSSR count). The molecule has 2 heterocycles. The molecule has 5 heteroatoms.